The van der Waals surface area contributed by atoms with Crippen LogP contribution in [0.3, 0.4) is 0 Å². The van der Waals surface area contributed by atoms with E-state index in [1.165, 1.54) is 25.1 Å². The largest absolute Gasteiger partial charge is 0.462 e. The quantitative estimate of drug-likeness (QED) is 0.635. The fraction of sp³-hybridized carbons (Fsp3) is 0.200. The summed E-state index contributed by atoms with van der Waals surface area (Å²) < 4.78 is 19.3. The van der Waals surface area contributed by atoms with Gasteiger partial charge in [0.15, 0.2) is 5.78 Å². The summed E-state index contributed by atoms with van der Waals surface area (Å²) in [5, 5.41) is 3.81. The Bertz CT molecular complexity index is 798. The summed E-state index contributed by atoms with van der Waals surface area (Å²) in [5.74, 6) is -2.05. The van der Waals surface area contributed by atoms with Crippen molar-refractivity contribution in [2.45, 2.75) is 13.8 Å². The molecule has 22 heavy (non-hydrogen) atoms. The molecule has 6 nitrogen and oxygen atoms in total. The second-order valence-electron chi connectivity index (χ2n) is 4.39. The van der Waals surface area contributed by atoms with Crippen LogP contribution >= 0.6 is 0 Å². The average molecular weight is 304 g/mol. The first-order valence-corrected chi connectivity index (χ1v) is 6.53. The van der Waals surface area contributed by atoms with E-state index in [4.69, 9.17) is 4.74 Å². The average Bonchev–Trinajstić information content (AvgIpc) is 2.48. The van der Waals surface area contributed by atoms with Gasteiger partial charge in [0.25, 0.3) is 5.56 Å². The summed E-state index contributed by atoms with van der Waals surface area (Å²) in [5.41, 5.74) is -1.51. The zero-order valence-electron chi connectivity index (χ0n) is 12.0. The number of ketones is 1. The highest BCUT2D eigenvalue weighted by atomic mass is 19.1. The minimum atomic E-state index is -0.887. The van der Waals surface area contributed by atoms with Gasteiger partial charge in [0.2, 0.25) is 0 Å². The molecule has 0 bridgehead atoms. The van der Waals surface area contributed by atoms with Crippen LogP contribution in [0.25, 0.3) is 5.69 Å². The topological polar surface area (TPSA) is 78.3 Å². The standard InChI is InChI=1S/C15H13FN2O4/c1-3-22-15(21)10-8-12(9(2)19)17-18(14(10)20)13-7-5-4-6-11(13)16/h4-8H,3H2,1-2H3. The second-order valence-corrected chi connectivity index (χ2v) is 4.39. The zero-order valence-corrected chi connectivity index (χ0v) is 12.0. The van der Waals surface area contributed by atoms with Gasteiger partial charge >= 0.3 is 5.97 Å². The second kappa shape index (κ2) is 6.30. The van der Waals surface area contributed by atoms with Crippen LogP contribution in [0.15, 0.2) is 35.1 Å². The van der Waals surface area contributed by atoms with Crippen molar-refractivity contribution in [3.05, 3.63) is 57.8 Å². The van der Waals surface area contributed by atoms with Crippen LogP contribution in [0.2, 0.25) is 0 Å². The third kappa shape index (κ3) is 2.93. The lowest BCUT2D eigenvalue weighted by molar-refractivity contribution is 0.0523. The number of carbonyl (C=O) groups excluding carboxylic acids is 2. The molecule has 0 unspecified atom stereocenters. The summed E-state index contributed by atoms with van der Waals surface area (Å²) in [6.07, 6.45) is 0. The van der Waals surface area contributed by atoms with Crippen molar-refractivity contribution in [1.29, 1.82) is 0 Å². The molecular weight excluding hydrogens is 291 g/mol. The monoisotopic (exact) mass is 304 g/mol. The lowest BCUT2D eigenvalue weighted by Gasteiger charge is -2.09. The maximum Gasteiger partial charge on any atom is 0.343 e. The number of Topliss-reactive ketones (excluding diaryl/α,β-unsaturated/α-hetero) is 1. The van der Waals surface area contributed by atoms with Gasteiger partial charge in [0.05, 0.1) is 6.61 Å². The highest BCUT2D eigenvalue weighted by Crippen LogP contribution is 2.11. The van der Waals surface area contributed by atoms with Gasteiger partial charge in [-0.15, -0.1) is 0 Å². The fourth-order valence-electron chi connectivity index (χ4n) is 1.81. The van der Waals surface area contributed by atoms with Crippen LogP contribution in [0.1, 0.15) is 34.7 Å². The fourth-order valence-corrected chi connectivity index (χ4v) is 1.81. The molecule has 0 atom stereocenters. The highest BCUT2D eigenvalue weighted by Gasteiger charge is 2.20. The summed E-state index contributed by atoms with van der Waals surface area (Å²) in [6.45, 7) is 2.88. The van der Waals surface area contributed by atoms with E-state index in [2.05, 4.69) is 5.10 Å². The first-order valence-electron chi connectivity index (χ1n) is 6.53. The van der Waals surface area contributed by atoms with Gasteiger partial charge < -0.3 is 4.74 Å². The van der Waals surface area contributed by atoms with Crippen LogP contribution in [0, 0.1) is 5.82 Å². The van der Waals surface area contributed by atoms with Gasteiger partial charge in [0, 0.05) is 6.92 Å². The Morgan fingerprint density at radius 2 is 2.00 bits per heavy atom. The molecule has 0 radical (unpaired) electrons. The van der Waals surface area contributed by atoms with Gasteiger partial charge in [-0.05, 0) is 25.1 Å². The molecule has 0 saturated heterocycles. The number of halogens is 1. The van der Waals surface area contributed by atoms with Gasteiger partial charge in [-0.1, -0.05) is 12.1 Å². The van der Waals surface area contributed by atoms with E-state index < -0.39 is 23.1 Å². The third-order valence-corrected chi connectivity index (χ3v) is 2.85. The SMILES string of the molecule is CCOC(=O)c1cc(C(C)=O)nn(-c2ccccc2F)c1=O. The highest BCUT2D eigenvalue weighted by molar-refractivity contribution is 5.96. The number of benzene rings is 1. The van der Waals surface area contributed by atoms with Crippen molar-refractivity contribution in [3.63, 3.8) is 0 Å². The summed E-state index contributed by atoms with van der Waals surface area (Å²) in [4.78, 5) is 35.7. The molecule has 0 saturated carbocycles. The molecule has 2 aromatic rings. The molecule has 0 fully saturated rings. The Hall–Kier alpha value is -2.83. The first kappa shape index (κ1) is 15.6. The molecule has 0 N–H and O–H groups in total. The van der Waals surface area contributed by atoms with Crippen molar-refractivity contribution in [2.75, 3.05) is 6.61 Å². The number of rotatable bonds is 4. The smallest absolute Gasteiger partial charge is 0.343 e. The Kier molecular flexibility index (Phi) is 4.45. The number of hydrogen-bond acceptors (Lipinski definition) is 5. The van der Waals surface area contributed by atoms with E-state index in [-0.39, 0.29) is 23.6 Å². The Morgan fingerprint density at radius 1 is 1.32 bits per heavy atom. The van der Waals surface area contributed by atoms with Crippen molar-refractivity contribution in [2.24, 2.45) is 0 Å². The molecule has 0 aliphatic rings. The third-order valence-electron chi connectivity index (χ3n) is 2.85. The lowest BCUT2D eigenvalue weighted by atomic mass is 10.2. The van der Waals surface area contributed by atoms with Crippen molar-refractivity contribution in [1.82, 2.24) is 9.78 Å². The summed E-state index contributed by atoms with van der Waals surface area (Å²) >= 11 is 0. The first-order chi connectivity index (χ1) is 10.5. The molecule has 0 amide bonds. The van der Waals surface area contributed by atoms with E-state index in [9.17, 15) is 18.8 Å². The van der Waals surface area contributed by atoms with Gasteiger partial charge in [-0.2, -0.15) is 9.78 Å². The maximum absolute atomic E-state index is 13.9. The molecular formula is C15H13FN2O4. The van der Waals surface area contributed by atoms with Crippen molar-refractivity contribution in [3.8, 4) is 5.69 Å². The number of nitrogens with zero attached hydrogens (tertiary/aromatic N) is 2. The molecule has 1 heterocycles. The molecule has 0 aliphatic heterocycles. The number of aromatic nitrogens is 2. The predicted molar refractivity (Wildman–Crippen MR) is 75.8 cm³/mol. The molecule has 0 aliphatic carbocycles. The Morgan fingerprint density at radius 3 is 2.59 bits per heavy atom. The molecule has 1 aromatic carbocycles. The van der Waals surface area contributed by atoms with Crippen LogP contribution in [0.4, 0.5) is 4.39 Å². The van der Waals surface area contributed by atoms with E-state index >= 15 is 0 Å². The van der Waals surface area contributed by atoms with Crippen LogP contribution in [-0.4, -0.2) is 28.1 Å². The number of para-hydroxylation sites is 1. The minimum Gasteiger partial charge on any atom is -0.462 e. The molecule has 1 aromatic heterocycles. The van der Waals surface area contributed by atoms with Crippen molar-refractivity contribution >= 4 is 11.8 Å². The summed E-state index contributed by atoms with van der Waals surface area (Å²) in [6, 6.07) is 6.48. The zero-order chi connectivity index (χ0) is 16.3. The molecule has 114 valence electrons. The van der Waals surface area contributed by atoms with Crippen molar-refractivity contribution < 1.29 is 18.7 Å². The Balaban J connectivity index is 2.74. The van der Waals surface area contributed by atoms with E-state index in [0.29, 0.717) is 4.68 Å². The molecule has 2 rings (SSSR count). The van der Waals surface area contributed by atoms with Gasteiger partial charge in [0.1, 0.15) is 22.8 Å². The normalized spacial score (nSPS) is 10.3. The van der Waals surface area contributed by atoms with Crippen LogP contribution < -0.4 is 5.56 Å². The van der Waals surface area contributed by atoms with E-state index in [1.54, 1.807) is 6.92 Å². The lowest BCUT2D eigenvalue weighted by Crippen LogP contribution is -2.30. The number of hydrogen-bond donors (Lipinski definition) is 0. The van der Waals surface area contributed by atoms with Gasteiger partial charge in [-0.25, -0.2) is 9.18 Å². The number of esters is 1. The summed E-state index contributed by atoms with van der Waals surface area (Å²) in [7, 11) is 0. The maximum atomic E-state index is 13.9. The Labute approximate surface area is 125 Å². The number of ether oxygens (including phenoxy) is 1. The van der Waals surface area contributed by atoms with E-state index in [1.807, 2.05) is 0 Å². The predicted octanol–water partition coefficient (Wildman–Crippen LogP) is 1.75. The van der Waals surface area contributed by atoms with Gasteiger partial charge in [-0.3, -0.25) is 9.59 Å². The minimum absolute atomic E-state index is 0.0652. The van der Waals surface area contributed by atoms with E-state index in [0.717, 1.165) is 12.1 Å². The number of carbonyl (C=O) groups is 2. The molecule has 0 spiro atoms. The van der Waals surface area contributed by atoms with Crippen LogP contribution in [0.5, 0.6) is 0 Å². The molecule has 7 heteroatoms. The van der Waals surface area contributed by atoms with Crippen LogP contribution in [-0.2, 0) is 4.74 Å².